The Balaban J connectivity index is 0.00000289. The number of hydrogen-bond donors (Lipinski definition) is 1. The van der Waals surface area contributed by atoms with Gasteiger partial charge in [-0.25, -0.2) is 13.1 Å². The highest BCUT2D eigenvalue weighted by Crippen LogP contribution is 2.13. The van der Waals surface area contributed by atoms with Crippen LogP contribution in [0.2, 0.25) is 0 Å². The van der Waals surface area contributed by atoms with Crippen LogP contribution in [0.4, 0.5) is 0 Å². The van der Waals surface area contributed by atoms with Crippen molar-refractivity contribution in [2.24, 2.45) is 4.99 Å². The Morgan fingerprint density at radius 2 is 1.91 bits per heavy atom. The number of sulfonamides is 1. The van der Waals surface area contributed by atoms with Gasteiger partial charge in [-0.15, -0.1) is 24.0 Å². The SMILES string of the molecule is CN=C(NCc1ccc(-n2cccn2)cc1)N1CCN(S(=O)(=O)Cc2ccon2)CC1.I. The average molecular weight is 571 g/mol. The molecule has 1 saturated heterocycles. The molecular weight excluding hydrogens is 545 g/mol. The van der Waals surface area contributed by atoms with Gasteiger partial charge in [-0.3, -0.25) is 4.99 Å². The van der Waals surface area contributed by atoms with E-state index < -0.39 is 10.0 Å². The largest absolute Gasteiger partial charge is 0.364 e. The fraction of sp³-hybridized carbons (Fsp3) is 0.350. The molecule has 0 amide bonds. The van der Waals surface area contributed by atoms with E-state index in [1.807, 2.05) is 41.2 Å². The van der Waals surface area contributed by atoms with Crippen LogP contribution in [0.15, 0.2) is 64.6 Å². The highest BCUT2D eigenvalue weighted by atomic mass is 127. The first-order valence-electron chi connectivity index (χ1n) is 9.97. The van der Waals surface area contributed by atoms with Crippen LogP contribution in [0.3, 0.4) is 0 Å². The van der Waals surface area contributed by atoms with Crippen LogP contribution in [0, 0.1) is 0 Å². The van der Waals surface area contributed by atoms with Gasteiger partial charge in [0.2, 0.25) is 10.0 Å². The van der Waals surface area contributed by atoms with Crippen molar-refractivity contribution in [3.05, 3.63) is 66.3 Å². The van der Waals surface area contributed by atoms with Gasteiger partial charge in [-0.2, -0.15) is 9.40 Å². The summed E-state index contributed by atoms with van der Waals surface area (Å²) < 4.78 is 33.2. The summed E-state index contributed by atoms with van der Waals surface area (Å²) in [6.07, 6.45) is 5.03. The first kappa shape index (κ1) is 24.2. The van der Waals surface area contributed by atoms with Gasteiger partial charge in [0.05, 0.1) is 11.4 Å². The number of rotatable bonds is 6. The molecule has 1 aromatic carbocycles. The van der Waals surface area contributed by atoms with Gasteiger partial charge >= 0.3 is 0 Å². The van der Waals surface area contributed by atoms with Gasteiger partial charge in [-0.05, 0) is 23.8 Å². The second-order valence-electron chi connectivity index (χ2n) is 7.15. The fourth-order valence-electron chi connectivity index (χ4n) is 3.47. The minimum atomic E-state index is -3.42. The quantitative estimate of drug-likeness (QED) is 0.273. The van der Waals surface area contributed by atoms with E-state index in [1.165, 1.54) is 10.6 Å². The van der Waals surface area contributed by atoms with Crippen molar-refractivity contribution in [1.82, 2.24) is 29.5 Å². The number of piperazine rings is 1. The molecule has 32 heavy (non-hydrogen) atoms. The fourth-order valence-corrected chi connectivity index (χ4v) is 4.89. The minimum Gasteiger partial charge on any atom is -0.364 e. The molecule has 0 aliphatic carbocycles. The Morgan fingerprint density at radius 1 is 1.16 bits per heavy atom. The third kappa shape index (κ3) is 5.86. The van der Waals surface area contributed by atoms with Crippen molar-refractivity contribution < 1.29 is 12.9 Å². The monoisotopic (exact) mass is 571 g/mol. The van der Waals surface area contributed by atoms with Crippen molar-refractivity contribution in [2.45, 2.75) is 12.3 Å². The summed E-state index contributed by atoms with van der Waals surface area (Å²) in [5.74, 6) is 0.607. The summed E-state index contributed by atoms with van der Waals surface area (Å²) in [5.41, 5.74) is 2.53. The summed E-state index contributed by atoms with van der Waals surface area (Å²) in [7, 11) is -1.69. The molecule has 12 heteroatoms. The molecule has 0 bridgehead atoms. The predicted molar refractivity (Wildman–Crippen MR) is 131 cm³/mol. The van der Waals surface area contributed by atoms with Crippen molar-refractivity contribution in [2.75, 3.05) is 33.2 Å². The molecule has 1 fully saturated rings. The maximum atomic E-state index is 12.6. The van der Waals surface area contributed by atoms with Crippen LogP contribution in [0.1, 0.15) is 11.3 Å². The zero-order valence-corrected chi connectivity index (χ0v) is 20.8. The van der Waals surface area contributed by atoms with Crippen molar-refractivity contribution in [3.63, 3.8) is 0 Å². The molecule has 1 N–H and O–H groups in total. The number of aliphatic imine (C=N–C) groups is 1. The minimum absolute atomic E-state index is 0. The zero-order valence-electron chi connectivity index (χ0n) is 17.7. The van der Waals surface area contributed by atoms with Crippen molar-refractivity contribution in [3.8, 4) is 5.69 Å². The lowest BCUT2D eigenvalue weighted by Gasteiger charge is -2.35. The van der Waals surface area contributed by atoms with E-state index >= 15 is 0 Å². The zero-order chi connectivity index (χ0) is 21.7. The predicted octanol–water partition coefficient (Wildman–Crippen LogP) is 1.70. The standard InChI is InChI=1S/C20H25N7O3S.HI/c1-21-20(22-15-17-3-5-19(6-4-17)27-9-2-8-23-27)25-10-12-26(13-11-25)31(28,29)16-18-7-14-30-24-18;/h2-9,14H,10-13,15-16H2,1H3,(H,21,22);1H. The lowest BCUT2D eigenvalue weighted by Crippen LogP contribution is -2.53. The van der Waals surface area contributed by atoms with Crippen LogP contribution in [-0.4, -0.2) is 71.7 Å². The number of aromatic nitrogens is 3. The first-order chi connectivity index (χ1) is 15.0. The third-order valence-electron chi connectivity index (χ3n) is 5.12. The molecule has 3 heterocycles. The number of nitrogens with one attached hydrogen (secondary N) is 1. The molecule has 2 aromatic heterocycles. The lowest BCUT2D eigenvalue weighted by molar-refractivity contribution is 0.259. The van der Waals surface area contributed by atoms with E-state index in [1.54, 1.807) is 19.3 Å². The highest BCUT2D eigenvalue weighted by Gasteiger charge is 2.28. The number of benzene rings is 1. The number of hydrogen-bond acceptors (Lipinski definition) is 6. The van der Waals surface area contributed by atoms with Gasteiger partial charge in [0.15, 0.2) is 5.96 Å². The second-order valence-corrected chi connectivity index (χ2v) is 9.12. The Bertz CT molecular complexity index is 1090. The first-order valence-corrected chi connectivity index (χ1v) is 11.6. The highest BCUT2D eigenvalue weighted by molar-refractivity contribution is 14.0. The van der Waals surface area contributed by atoms with Gasteiger partial charge in [0.1, 0.15) is 12.0 Å². The van der Waals surface area contributed by atoms with Crippen molar-refractivity contribution >= 4 is 40.0 Å². The Kier molecular flexibility index (Phi) is 8.26. The number of nitrogens with zero attached hydrogens (tertiary/aromatic N) is 6. The molecule has 0 saturated carbocycles. The molecule has 4 rings (SSSR count). The van der Waals surface area contributed by atoms with Crippen LogP contribution < -0.4 is 5.32 Å². The molecule has 0 atom stereocenters. The second kappa shape index (κ2) is 10.9. The van der Waals surface area contributed by atoms with E-state index in [4.69, 9.17) is 4.52 Å². The van der Waals surface area contributed by atoms with Gasteiger partial charge in [-0.1, -0.05) is 17.3 Å². The van der Waals surface area contributed by atoms with Gasteiger partial charge in [0, 0.05) is 58.2 Å². The molecule has 172 valence electrons. The van der Waals surface area contributed by atoms with Crippen molar-refractivity contribution in [1.29, 1.82) is 0 Å². The summed E-state index contributed by atoms with van der Waals surface area (Å²) in [6, 6.07) is 11.6. The van der Waals surface area contributed by atoms with Gasteiger partial charge in [0.25, 0.3) is 0 Å². The Hall–Kier alpha value is -2.45. The smallest absolute Gasteiger partial charge is 0.220 e. The molecule has 0 spiro atoms. The summed E-state index contributed by atoms with van der Waals surface area (Å²) >= 11 is 0. The van der Waals surface area contributed by atoms with Crippen LogP contribution >= 0.6 is 24.0 Å². The summed E-state index contributed by atoms with van der Waals surface area (Å²) in [5, 5.41) is 11.3. The van der Waals surface area contributed by atoms with E-state index in [9.17, 15) is 8.42 Å². The third-order valence-corrected chi connectivity index (χ3v) is 6.93. The summed E-state index contributed by atoms with van der Waals surface area (Å²) in [4.78, 5) is 6.43. The number of halogens is 1. The molecule has 0 radical (unpaired) electrons. The molecule has 10 nitrogen and oxygen atoms in total. The molecular formula is C20H26IN7O3S. The average Bonchev–Trinajstić information content (AvgIpc) is 3.49. The molecule has 3 aromatic rings. The van der Waals surface area contributed by atoms with E-state index in [-0.39, 0.29) is 29.7 Å². The lowest BCUT2D eigenvalue weighted by atomic mass is 10.2. The maximum Gasteiger partial charge on any atom is 0.220 e. The van der Waals surface area contributed by atoms with E-state index in [2.05, 4.69) is 25.5 Å². The van der Waals surface area contributed by atoms with E-state index in [0.717, 1.165) is 17.2 Å². The van der Waals surface area contributed by atoms with E-state index in [0.29, 0.717) is 38.4 Å². The maximum absolute atomic E-state index is 12.6. The van der Waals surface area contributed by atoms with Crippen LogP contribution in [0.25, 0.3) is 5.69 Å². The molecule has 0 unspecified atom stereocenters. The normalized spacial score (nSPS) is 15.4. The Morgan fingerprint density at radius 3 is 2.50 bits per heavy atom. The van der Waals surface area contributed by atoms with Crippen LogP contribution in [0.5, 0.6) is 0 Å². The van der Waals surface area contributed by atoms with Gasteiger partial charge < -0.3 is 14.7 Å². The molecule has 1 aliphatic rings. The Labute approximate surface area is 204 Å². The molecule has 1 aliphatic heterocycles. The topological polar surface area (TPSA) is 109 Å². The number of guanidine groups is 1. The van der Waals surface area contributed by atoms with Crippen LogP contribution in [-0.2, 0) is 22.3 Å². The summed E-state index contributed by atoms with van der Waals surface area (Å²) in [6.45, 7) is 2.56.